The van der Waals surface area contributed by atoms with Gasteiger partial charge in [0.2, 0.25) is 11.8 Å². The molecule has 3 aromatic rings. The van der Waals surface area contributed by atoms with Crippen LogP contribution in [0, 0.1) is 13.8 Å². The van der Waals surface area contributed by atoms with E-state index < -0.39 is 0 Å². The number of aryl methyl sites for hydroxylation is 2. The lowest BCUT2D eigenvalue weighted by atomic mass is 10.1. The molecule has 0 saturated heterocycles. The summed E-state index contributed by atoms with van der Waals surface area (Å²) < 4.78 is 4.92. The van der Waals surface area contributed by atoms with Crippen molar-refractivity contribution in [3.05, 3.63) is 29.7 Å². The minimum absolute atomic E-state index is 0.345. The van der Waals surface area contributed by atoms with Crippen molar-refractivity contribution in [2.45, 2.75) is 27.7 Å². The zero-order valence-electron chi connectivity index (χ0n) is 13.2. The van der Waals surface area contributed by atoms with Crippen LogP contribution in [-0.4, -0.2) is 22.0 Å². The number of thiophene rings is 1. The van der Waals surface area contributed by atoms with Crippen LogP contribution in [0.4, 0.5) is 5.69 Å². The second-order valence-electron chi connectivity index (χ2n) is 5.30. The van der Waals surface area contributed by atoms with Gasteiger partial charge in [0.15, 0.2) is 0 Å². The van der Waals surface area contributed by atoms with Crippen LogP contribution >= 0.6 is 11.3 Å². The third kappa shape index (κ3) is 2.53. The maximum absolute atomic E-state index is 12.1. The Balaban J connectivity index is 2.43. The molecule has 0 radical (unpaired) electrons. The van der Waals surface area contributed by atoms with Crippen LogP contribution in [0.25, 0.3) is 20.8 Å². The minimum Gasteiger partial charge on any atom is -0.364 e. The van der Waals surface area contributed by atoms with Crippen molar-refractivity contribution in [2.75, 3.05) is 4.90 Å². The average Bonchev–Trinajstić information content (AvgIpc) is 3.05. The van der Waals surface area contributed by atoms with E-state index in [-0.39, 0.29) is 11.8 Å². The highest BCUT2D eigenvalue weighted by Gasteiger charge is 2.28. The number of rotatable bonds is 2. The summed E-state index contributed by atoms with van der Waals surface area (Å²) in [4.78, 5) is 31.3. The fraction of sp³-hybridized carbons (Fsp3) is 0.250. The quantitative estimate of drug-likeness (QED) is 0.719. The Morgan fingerprint density at radius 1 is 1.22 bits per heavy atom. The Labute approximate surface area is 136 Å². The number of imide groups is 1. The fourth-order valence-electron chi connectivity index (χ4n) is 2.68. The van der Waals surface area contributed by atoms with Crippen molar-refractivity contribution < 1.29 is 14.1 Å². The van der Waals surface area contributed by atoms with Crippen LogP contribution in [0.5, 0.6) is 0 Å². The van der Waals surface area contributed by atoms with E-state index in [0.717, 1.165) is 21.5 Å². The fourth-order valence-corrected chi connectivity index (χ4v) is 3.92. The van der Waals surface area contributed by atoms with E-state index in [1.165, 1.54) is 36.3 Å². The number of hydrogen-bond acceptors (Lipinski definition) is 6. The largest absolute Gasteiger partial charge is 0.364 e. The summed E-state index contributed by atoms with van der Waals surface area (Å²) >= 11 is 1.39. The molecule has 0 saturated carbocycles. The molecule has 23 heavy (non-hydrogen) atoms. The van der Waals surface area contributed by atoms with Gasteiger partial charge in [0.05, 0.1) is 10.6 Å². The molecule has 0 aliphatic heterocycles. The Bertz CT molecular complexity index is 898. The lowest BCUT2D eigenvalue weighted by Crippen LogP contribution is -2.33. The van der Waals surface area contributed by atoms with E-state index in [1.54, 1.807) is 6.07 Å². The number of aromatic nitrogens is 2. The number of carbonyl (C=O) groups is 2. The van der Waals surface area contributed by atoms with E-state index in [1.807, 2.05) is 19.9 Å². The van der Waals surface area contributed by atoms with Crippen LogP contribution in [0.3, 0.4) is 0 Å². The monoisotopic (exact) mass is 329 g/mol. The van der Waals surface area contributed by atoms with Crippen molar-refractivity contribution in [1.82, 2.24) is 10.1 Å². The number of amides is 2. The highest BCUT2D eigenvalue weighted by atomic mass is 32.1. The van der Waals surface area contributed by atoms with Crippen molar-refractivity contribution >= 4 is 39.1 Å². The van der Waals surface area contributed by atoms with E-state index in [2.05, 4.69) is 10.1 Å². The van der Waals surface area contributed by atoms with Crippen LogP contribution < -0.4 is 4.90 Å². The molecule has 0 aromatic carbocycles. The maximum atomic E-state index is 12.1. The predicted molar refractivity (Wildman–Crippen MR) is 88.4 cm³/mol. The highest BCUT2D eigenvalue weighted by Crippen LogP contribution is 2.45. The molecule has 0 unspecified atom stereocenters. The lowest BCUT2D eigenvalue weighted by Gasteiger charge is -2.18. The van der Waals surface area contributed by atoms with Gasteiger partial charge in [0.1, 0.15) is 16.8 Å². The second kappa shape index (κ2) is 5.58. The van der Waals surface area contributed by atoms with E-state index in [0.29, 0.717) is 16.3 Å². The van der Waals surface area contributed by atoms with Gasteiger partial charge in [0, 0.05) is 31.0 Å². The summed E-state index contributed by atoms with van der Waals surface area (Å²) in [5.41, 5.74) is 2.95. The maximum Gasteiger partial charge on any atom is 0.230 e. The van der Waals surface area contributed by atoms with Gasteiger partial charge < -0.3 is 4.52 Å². The third-order valence-electron chi connectivity index (χ3n) is 3.49. The first kappa shape index (κ1) is 15.4. The minimum atomic E-state index is -0.345. The Hall–Kier alpha value is -2.54. The molecule has 0 fully saturated rings. The van der Waals surface area contributed by atoms with Crippen molar-refractivity contribution in [1.29, 1.82) is 0 Å². The van der Waals surface area contributed by atoms with Gasteiger partial charge >= 0.3 is 0 Å². The number of anilines is 1. The summed E-state index contributed by atoms with van der Waals surface area (Å²) in [5, 5.41) is 4.75. The van der Waals surface area contributed by atoms with Gasteiger partial charge in [-0.25, -0.2) is 9.88 Å². The molecule has 0 atom stereocenters. The van der Waals surface area contributed by atoms with E-state index in [9.17, 15) is 9.59 Å². The van der Waals surface area contributed by atoms with E-state index in [4.69, 9.17) is 4.52 Å². The first-order chi connectivity index (χ1) is 10.9. The van der Waals surface area contributed by atoms with Crippen LogP contribution in [0.1, 0.15) is 25.1 Å². The molecular weight excluding hydrogens is 314 g/mol. The molecular formula is C16H15N3O3S. The standard InChI is InChI=1S/C16H15N3O3S/c1-8-7-9(2)17-16-13(8)14(19(10(3)20)11(4)21)15(23-16)12-5-6-22-18-12/h5-7H,1-4H3. The summed E-state index contributed by atoms with van der Waals surface area (Å²) in [7, 11) is 0. The topological polar surface area (TPSA) is 76.3 Å². The van der Waals surface area contributed by atoms with Crippen molar-refractivity contribution in [3.63, 3.8) is 0 Å². The summed E-state index contributed by atoms with van der Waals surface area (Å²) in [6, 6.07) is 3.64. The highest BCUT2D eigenvalue weighted by molar-refractivity contribution is 7.22. The molecule has 2 amide bonds. The SMILES string of the molecule is CC(=O)N(C(C)=O)c1c(-c2ccon2)sc2nc(C)cc(C)c12. The van der Waals surface area contributed by atoms with Crippen LogP contribution in [0.15, 0.2) is 22.9 Å². The molecule has 0 N–H and O–H groups in total. The predicted octanol–water partition coefficient (Wildman–Crippen LogP) is 3.47. The Morgan fingerprint density at radius 3 is 2.48 bits per heavy atom. The molecule has 3 rings (SSSR count). The first-order valence-corrected chi connectivity index (χ1v) is 7.84. The molecule has 0 aliphatic carbocycles. The van der Waals surface area contributed by atoms with Crippen molar-refractivity contribution in [2.24, 2.45) is 0 Å². The number of carbonyl (C=O) groups excluding carboxylic acids is 2. The van der Waals surface area contributed by atoms with Crippen molar-refractivity contribution in [3.8, 4) is 10.6 Å². The zero-order chi connectivity index (χ0) is 16.7. The van der Waals surface area contributed by atoms with Crippen LogP contribution in [-0.2, 0) is 9.59 Å². The number of nitrogens with zero attached hydrogens (tertiary/aromatic N) is 3. The normalized spacial score (nSPS) is 11.0. The van der Waals surface area contributed by atoms with E-state index >= 15 is 0 Å². The Kier molecular flexibility index (Phi) is 3.73. The smallest absolute Gasteiger partial charge is 0.230 e. The third-order valence-corrected chi connectivity index (χ3v) is 4.58. The molecule has 3 aromatic heterocycles. The number of fused-ring (bicyclic) bond motifs is 1. The molecule has 3 heterocycles. The summed E-state index contributed by atoms with van der Waals surface area (Å²) in [5.74, 6) is -0.691. The molecule has 7 heteroatoms. The molecule has 118 valence electrons. The van der Waals surface area contributed by atoms with Gasteiger partial charge in [-0.05, 0) is 25.5 Å². The van der Waals surface area contributed by atoms with Crippen LogP contribution in [0.2, 0.25) is 0 Å². The van der Waals surface area contributed by atoms with Gasteiger partial charge in [-0.2, -0.15) is 0 Å². The van der Waals surface area contributed by atoms with Gasteiger partial charge in [0.25, 0.3) is 0 Å². The van der Waals surface area contributed by atoms with Gasteiger partial charge in [-0.1, -0.05) is 5.16 Å². The summed E-state index contributed by atoms with van der Waals surface area (Å²) in [6.45, 7) is 6.59. The Morgan fingerprint density at radius 2 is 1.91 bits per heavy atom. The zero-order valence-corrected chi connectivity index (χ0v) is 14.0. The lowest BCUT2D eigenvalue weighted by molar-refractivity contribution is -0.124. The molecule has 0 bridgehead atoms. The van der Waals surface area contributed by atoms with Gasteiger partial charge in [-0.15, -0.1) is 11.3 Å². The summed E-state index contributed by atoms with van der Waals surface area (Å²) in [6.07, 6.45) is 1.46. The van der Waals surface area contributed by atoms with Gasteiger partial charge in [-0.3, -0.25) is 9.59 Å². The molecule has 0 aliphatic rings. The average molecular weight is 329 g/mol. The second-order valence-corrected chi connectivity index (χ2v) is 6.30. The number of pyridine rings is 1. The number of hydrogen-bond donors (Lipinski definition) is 0. The molecule has 0 spiro atoms. The first-order valence-electron chi connectivity index (χ1n) is 7.03. The molecule has 6 nitrogen and oxygen atoms in total.